The monoisotopic (exact) mass is 468 g/mol. The lowest BCUT2D eigenvalue weighted by Crippen LogP contribution is -2.51. The summed E-state index contributed by atoms with van der Waals surface area (Å²) in [5.41, 5.74) is 0.929. The van der Waals surface area contributed by atoms with Crippen LogP contribution in [-0.4, -0.2) is 60.4 Å². The molecule has 0 radical (unpaired) electrons. The summed E-state index contributed by atoms with van der Waals surface area (Å²) in [5.74, 6) is -1.30. The molecule has 1 aliphatic rings. The van der Waals surface area contributed by atoms with Crippen LogP contribution >= 0.6 is 11.3 Å². The fourth-order valence-electron chi connectivity index (χ4n) is 3.40. The van der Waals surface area contributed by atoms with E-state index < -0.39 is 12.6 Å². The number of hydrogen-bond donors (Lipinski definition) is 0. The highest BCUT2D eigenvalue weighted by Crippen LogP contribution is 2.24. The zero-order valence-electron chi connectivity index (χ0n) is 17.6. The van der Waals surface area contributed by atoms with Crippen LogP contribution in [-0.2, 0) is 14.3 Å². The van der Waals surface area contributed by atoms with Gasteiger partial charge in [-0.1, -0.05) is 18.2 Å². The first kappa shape index (κ1) is 22.5. The Labute approximate surface area is 193 Å². The molecule has 0 N–H and O–H groups in total. The standard InChI is InChI=1S/C24H21FN2O5S/c25-18-7-5-17(6-8-18)15-19(21-4-2-14-33-21)24(30)32-16-22(28)26-9-11-27(12-10-26)23(29)20-3-1-13-31-20/h1-8,13-15H,9-12,16H2/b19-15+. The Hall–Kier alpha value is -3.72. The number of ether oxygens (including phenoxy) is 1. The summed E-state index contributed by atoms with van der Waals surface area (Å²) >= 11 is 1.36. The van der Waals surface area contributed by atoms with Crippen LogP contribution in [0, 0.1) is 5.82 Å². The van der Waals surface area contributed by atoms with Crippen molar-refractivity contribution >= 4 is 40.8 Å². The van der Waals surface area contributed by atoms with E-state index in [0.29, 0.717) is 42.2 Å². The van der Waals surface area contributed by atoms with Gasteiger partial charge in [0.2, 0.25) is 0 Å². The lowest BCUT2D eigenvalue weighted by molar-refractivity contribution is -0.148. The molecular weight excluding hydrogens is 447 g/mol. The molecule has 0 aliphatic carbocycles. The molecular formula is C24H21FN2O5S. The van der Waals surface area contributed by atoms with Crippen molar-refractivity contribution in [2.24, 2.45) is 0 Å². The van der Waals surface area contributed by atoms with E-state index in [4.69, 9.17) is 9.15 Å². The Morgan fingerprint density at radius 3 is 2.36 bits per heavy atom. The average molecular weight is 469 g/mol. The van der Waals surface area contributed by atoms with Gasteiger partial charge < -0.3 is 19.0 Å². The first-order valence-electron chi connectivity index (χ1n) is 10.3. The quantitative estimate of drug-likeness (QED) is 0.408. The minimum absolute atomic E-state index is 0.218. The van der Waals surface area contributed by atoms with Gasteiger partial charge >= 0.3 is 5.97 Å². The van der Waals surface area contributed by atoms with Crippen LogP contribution < -0.4 is 0 Å². The number of esters is 1. The molecule has 0 bridgehead atoms. The molecule has 3 heterocycles. The van der Waals surface area contributed by atoms with E-state index in [1.807, 2.05) is 5.38 Å². The van der Waals surface area contributed by atoms with E-state index in [2.05, 4.69) is 0 Å². The first-order valence-corrected chi connectivity index (χ1v) is 11.2. The normalized spacial score (nSPS) is 14.3. The Bertz CT molecular complexity index is 1130. The van der Waals surface area contributed by atoms with Crippen molar-refractivity contribution in [1.29, 1.82) is 0 Å². The molecule has 1 aliphatic heterocycles. The zero-order chi connectivity index (χ0) is 23.2. The van der Waals surface area contributed by atoms with Gasteiger partial charge in [-0.05, 0) is 47.4 Å². The smallest absolute Gasteiger partial charge is 0.340 e. The highest BCUT2D eigenvalue weighted by molar-refractivity contribution is 7.11. The molecule has 1 aromatic carbocycles. The van der Waals surface area contributed by atoms with Crippen LogP contribution in [0.1, 0.15) is 21.0 Å². The van der Waals surface area contributed by atoms with E-state index in [9.17, 15) is 18.8 Å². The maximum Gasteiger partial charge on any atom is 0.340 e. The first-order chi connectivity index (χ1) is 16.0. The van der Waals surface area contributed by atoms with Gasteiger partial charge in [0.1, 0.15) is 5.82 Å². The van der Waals surface area contributed by atoms with Crippen molar-refractivity contribution in [2.75, 3.05) is 32.8 Å². The molecule has 0 saturated carbocycles. The fraction of sp³-hybridized carbons (Fsp3) is 0.208. The number of nitrogens with zero attached hydrogens (tertiary/aromatic N) is 2. The number of furan rings is 1. The SMILES string of the molecule is O=C(OCC(=O)N1CCN(C(=O)c2ccco2)CC1)/C(=C/c1ccc(F)cc1)c1cccs1. The van der Waals surface area contributed by atoms with Gasteiger partial charge in [-0.15, -0.1) is 11.3 Å². The molecule has 1 saturated heterocycles. The van der Waals surface area contributed by atoms with Gasteiger partial charge in [-0.2, -0.15) is 0 Å². The van der Waals surface area contributed by atoms with E-state index in [1.54, 1.807) is 52.3 Å². The molecule has 0 atom stereocenters. The molecule has 0 unspecified atom stereocenters. The van der Waals surface area contributed by atoms with Gasteiger partial charge in [0.05, 0.1) is 11.8 Å². The minimum Gasteiger partial charge on any atom is -0.459 e. The number of piperazine rings is 1. The number of halogens is 1. The van der Waals surface area contributed by atoms with E-state index >= 15 is 0 Å². The second-order valence-corrected chi connectivity index (χ2v) is 8.26. The minimum atomic E-state index is -0.637. The van der Waals surface area contributed by atoms with Crippen molar-refractivity contribution < 1.29 is 27.9 Å². The van der Waals surface area contributed by atoms with Crippen LogP contribution in [0.4, 0.5) is 4.39 Å². The number of rotatable bonds is 6. The van der Waals surface area contributed by atoms with E-state index in [-0.39, 0.29) is 23.4 Å². The van der Waals surface area contributed by atoms with Gasteiger partial charge in [-0.25, -0.2) is 9.18 Å². The van der Waals surface area contributed by atoms with Crippen LogP contribution in [0.2, 0.25) is 0 Å². The topological polar surface area (TPSA) is 80.1 Å². The Balaban J connectivity index is 1.34. The number of hydrogen-bond acceptors (Lipinski definition) is 6. The fourth-order valence-corrected chi connectivity index (χ4v) is 4.13. The molecule has 4 rings (SSSR count). The van der Waals surface area contributed by atoms with Crippen molar-refractivity contribution in [3.8, 4) is 0 Å². The molecule has 2 aromatic heterocycles. The van der Waals surface area contributed by atoms with Crippen molar-refractivity contribution in [3.63, 3.8) is 0 Å². The lowest BCUT2D eigenvalue weighted by atomic mass is 10.1. The van der Waals surface area contributed by atoms with E-state index in [0.717, 1.165) is 0 Å². The second-order valence-electron chi connectivity index (χ2n) is 7.31. The molecule has 170 valence electrons. The summed E-state index contributed by atoms with van der Waals surface area (Å²) in [4.78, 5) is 41.6. The van der Waals surface area contributed by atoms with Crippen LogP contribution in [0.3, 0.4) is 0 Å². The van der Waals surface area contributed by atoms with E-state index in [1.165, 1.54) is 29.7 Å². The van der Waals surface area contributed by atoms with Gasteiger partial charge in [0.15, 0.2) is 12.4 Å². The Kier molecular flexibility index (Phi) is 6.99. The number of carbonyl (C=O) groups is 3. The number of amides is 2. The summed E-state index contributed by atoms with van der Waals surface area (Å²) in [7, 11) is 0. The molecule has 33 heavy (non-hydrogen) atoms. The maximum atomic E-state index is 13.2. The summed E-state index contributed by atoms with van der Waals surface area (Å²) in [6.45, 7) is 1.00. The van der Waals surface area contributed by atoms with Gasteiger partial charge in [-0.3, -0.25) is 9.59 Å². The highest BCUT2D eigenvalue weighted by atomic mass is 32.1. The molecule has 0 spiro atoms. The molecule has 1 fully saturated rings. The predicted octanol–water partition coefficient (Wildman–Crippen LogP) is 3.55. The maximum absolute atomic E-state index is 13.2. The third-order valence-corrected chi connectivity index (χ3v) is 6.07. The summed E-state index contributed by atoms with van der Waals surface area (Å²) in [6, 6.07) is 12.6. The van der Waals surface area contributed by atoms with Crippen LogP contribution in [0.15, 0.2) is 64.6 Å². The zero-order valence-corrected chi connectivity index (χ0v) is 18.4. The summed E-state index contributed by atoms with van der Waals surface area (Å²) in [6.07, 6.45) is 3.05. The molecule has 7 nitrogen and oxygen atoms in total. The van der Waals surface area contributed by atoms with Crippen LogP contribution in [0.25, 0.3) is 11.6 Å². The number of thiophene rings is 1. The molecule has 9 heteroatoms. The summed E-state index contributed by atoms with van der Waals surface area (Å²) in [5, 5.41) is 1.83. The van der Waals surface area contributed by atoms with Crippen LogP contribution in [0.5, 0.6) is 0 Å². The third kappa shape index (κ3) is 5.56. The average Bonchev–Trinajstić information content (AvgIpc) is 3.56. The lowest BCUT2D eigenvalue weighted by Gasteiger charge is -2.34. The molecule has 3 aromatic rings. The van der Waals surface area contributed by atoms with Crippen molar-refractivity contribution in [3.05, 3.63) is 82.2 Å². The Morgan fingerprint density at radius 1 is 1.00 bits per heavy atom. The Morgan fingerprint density at radius 2 is 1.73 bits per heavy atom. The molecule has 2 amide bonds. The summed E-state index contributed by atoms with van der Waals surface area (Å²) < 4.78 is 23.7. The van der Waals surface area contributed by atoms with Gasteiger partial charge in [0, 0.05) is 31.1 Å². The predicted molar refractivity (Wildman–Crippen MR) is 121 cm³/mol. The van der Waals surface area contributed by atoms with Crippen molar-refractivity contribution in [1.82, 2.24) is 9.80 Å². The number of benzene rings is 1. The highest BCUT2D eigenvalue weighted by Gasteiger charge is 2.27. The van der Waals surface area contributed by atoms with Crippen molar-refractivity contribution in [2.45, 2.75) is 0 Å². The van der Waals surface area contributed by atoms with Gasteiger partial charge in [0.25, 0.3) is 11.8 Å². The number of carbonyl (C=O) groups excluding carboxylic acids is 3. The largest absolute Gasteiger partial charge is 0.459 e. The second kappa shape index (κ2) is 10.3. The third-order valence-electron chi connectivity index (χ3n) is 5.17.